The van der Waals surface area contributed by atoms with Crippen LogP contribution in [0.15, 0.2) is 53.7 Å². The molecule has 0 radical (unpaired) electrons. The van der Waals surface area contributed by atoms with Crippen LogP contribution in [0.25, 0.3) is 16.6 Å². The number of carbonyl (C=O) groups is 2. The molecule has 1 amide bonds. The molecule has 0 fully saturated rings. The Morgan fingerprint density at radius 2 is 1.87 bits per heavy atom. The van der Waals surface area contributed by atoms with Crippen LogP contribution in [0.1, 0.15) is 22.8 Å². The van der Waals surface area contributed by atoms with E-state index in [1.807, 2.05) is 29.5 Å². The Balaban J connectivity index is 1.61. The van der Waals surface area contributed by atoms with Crippen molar-refractivity contribution in [1.82, 2.24) is 14.6 Å². The summed E-state index contributed by atoms with van der Waals surface area (Å²) in [6, 6.07) is 14.8. The van der Waals surface area contributed by atoms with E-state index in [-0.39, 0.29) is 17.4 Å². The van der Waals surface area contributed by atoms with Crippen LogP contribution < -0.4 is 10.1 Å². The third-order valence-electron chi connectivity index (χ3n) is 4.70. The Bertz CT molecular complexity index is 1270. The molecular weight excluding hydrogens is 400 g/mol. The number of ketones is 1. The highest BCUT2D eigenvalue weighted by Gasteiger charge is 2.15. The number of amides is 1. The number of methoxy groups -OCH3 is 1. The van der Waals surface area contributed by atoms with E-state index in [4.69, 9.17) is 4.74 Å². The molecule has 152 valence electrons. The fourth-order valence-corrected chi connectivity index (χ4v) is 4.10. The predicted molar refractivity (Wildman–Crippen MR) is 118 cm³/mol. The van der Waals surface area contributed by atoms with E-state index in [1.54, 1.807) is 31.4 Å². The van der Waals surface area contributed by atoms with Gasteiger partial charge in [0, 0.05) is 24.2 Å². The van der Waals surface area contributed by atoms with Gasteiger partial charge in [0.25, 0.3) is 0 Å². The van der Waals surface area contributed by atoms with Crippen LogP contribution in [0, 0.1) is 6.92 Å². The zero-order valence-corrected chi connectivity index (χ0v) is 17.6. The second-order valence-corrected chi connectivity index (χ2v) is 7.81. The first-order valence-corrected chi connectivity index (χ1v) is 10.3. The number of ether oxygens (including phenoxy) is 1. The number of nitrogens with one attached hydrogen (secondary N) is 1. The van der Waals surface area contributed by atoms with E-state index in [0.29, 0.717) is 16.4 Å². The van der Waals surface area contributed by atoms with Gasteiger partial charge in [0.1, 0.15) is 5.75 Å². The highest BCUT2D eigenvalue weighted by molar-refractivity contribution is 7.99. The standard InChI is InChI=1S/C22H20N4O3S/c1-13-10-16-6-9-18(29-3)11-19(16)26-21(13)24-25-22(26)30-12-20(28)15-4-7-17(8-5-15)23-14(2)27/h4-11H,12H2,1-3H3,(H,23,27). The Morgan fingerprint density at radius 1 is 1.10 bits per heavy atom. The molecule has 0 unspecified atom stereocenters. The molecule has 7 nitrogen and oxygen atoms in total. The molecule has 0 aliphatic carbocycles. The van der Waals surface area contributed by atoms with Crippen LogP contribution in [0.3, 0.4) is 0 Å². The number of aromatic nitrogens is 3. The van der Waals surface area contributed by atoms with Gasteiger partial charge >= 0.3 is 0 Å². The highest BCUT2D eigenvalue weighted by Crippen LogP contribution is 2.28. The van der Waals surface area contributed by atoms with Gasteiger partial charge in [-0.05, 0) is 60.3 Å². The SMILES string of the molecule is COc1ccc2cc(C)c3nnc(SCC(=O)c4ccc(NC(C)=O)cc4)n3c2c1. The monoisotopic (exact) mass is 420 g/mol. The number of Topliss-reactive ketones (excluding diaryl/α,β-unsaturated/α-hetero) is 1. The molecule has 0 saturated heterocycles. The Labute approximate surface area is 177 Å². The largest absolute Gasteiger partial charge is 0.497 e. The zero-order chi connectivity index (χ0) is 21.3. The maximum atomic E-state index is 12.7. The number of rotatable bonds is 6. The molecule has 4 rings (SSSR count). The zero-order valence-electron chi connectivity index (χ0n) is 16.8. The average Bonchev–Trinajstić information content (AvgIpc) is 3.17. The highest BCUT2D eigenvalue weighted by atomic mass is 32.2. The molecular formula is C22H20N4O3S. The minimum Gasteiger partial charge on any atom is -0.497 e. The topological polar surface area (TPSA) is 85.6 Å². The van der Waals surface area contributed by atoms with Crippen molar-refractivity contribution >= 4 is 45.7 Å². The predicted octanol–water partition coefficient (Wildman–Crippen LogP) is 4.13. The smallest absolute Gasteiger partial charge is 0.221 e. The van der Waals surface area contributed by atoms with Gasteiger partial charge in [-0.2, -0.15) is 0 Å². The molecule has 0 spiro atoms. The molecule has 0 atom stereocenters. The first kappa shape index (κ1) is 19.9. The van der Waals surface area contributed by atoms with E-state index in [1.165, 1.54) is 18.7 Å². The van der Waals surface area contributed by atoms with Gasteiger partial charge in [-0.25, -0.2) is 0 Å². The van der Waals surface area contributed by atoms with Crippen LogP contribution in [0.2, 0.25) is 0 Å². The number of pyridine rings is 1. The summed E-state index contributed by atoms with van der Waals surface area (Å²) in [5.41, 5.74) is 3.92. The third kappa shape index (κ3) is 3.86. The lowest BCUT2D eigenvalue weighted by Gasteiger charge is -2.09. The fourth-order valence-electron chi connectivity index (χ4n) is 3.26. The second kappa shape index (κ2) is 8.16. The molecule has 2 heterocycles. The molecule has 8 heteroatoms. The lowest BCUT2D eigenvalue weighted by Crippen LogP contribution is -2.07. The van der Waals surface area contributed by atoms with Crippen LogP contribution in [0.5, 0.6) is 5.75 Å². The van der Waals surface area contributed by atoms with Crippen molar-refractivity contribution in [2.45, 2.75) is 19.0 Å². The summed E-state index contributed by atoms with van der Waals surface area (Å²) in [7, 11) is 1.63. The molecule has 0 saturated carbocycles. The van der Waals surface area contributed by atoms with Crippen molar-refractivity contribution in [3.8, 4) is 5.75 Å². The lowest BCUT2D eigenvalue weighted by molar-refractivity contribution is -0.114. The number of hydrogen-bond acceptors (Lipinski definition) is 6. The van der Waals surface area contributed by atoms with Crippen LogP contribution in [0.4, 0.5) is 5.69 Å². The normalized spacial score (nSPS) is 11.0. The number of nitrogens with zero attached hydrogens (tertiary/aromatic N) is 3. The third-order valence-corrected chi connectivity index (χ3v) is 5.63. The van der Waals surface area contributed by atoms with Crippen molar-refractivity contribution < 1.29 is 14.3 Å². The van der Waals surface area contributed by atoms with Crippen molar-refractivity contribution in [2.75, 3.05) is 18.2 Å². The summed E-state index contributed by atoms with van der Waals surface area (Å²) >= 11 is 1.34. The van der Waals surface area contributed by atoms with Crippen LogP contribution >= 0.6 is 11.8 Å². The number of fused-ring (bicyclic) bond motifs is 3. The van der Waals surface area contributed by atoms with Gasteiger partial charge in [-0.15, -0.1) is 10.2 Å². The van der Waals surface area contributed by atoms with E-state index in [2.05, 4.69) is 21.6 Å². The minimum absolute atomic E-state index is 0.0272. The fraction of sp³-hybridized carbons (Fsp3) is 0.182. The van der Waals surface area contributed by atoms with Crippen molar-refractivity contribution in [1.29, 1.82) is 0 Å². The molecule has 4 aromatic rings. The number of hydrogen-bond donors (Lipinski definition) is 1. The average molecular weight is 420 g/mol. The van der Waals surface area contributed by atoms with E-state index in [0.717, 1.165) is 27.9 Å². The quantitative estimate of drug-likeness (QED) is 0.373. The Kier molecular flexibility index (Phi) is 5.41. The maximum Gasteiger partial charge on any atom is 0.221 e. The number of thioether (sulfide) groups is 1. The summed E-state index contributed by atoms with van der Waals surface area (Å²) in [6.45, 7) is 3.43. The molecule has 2 aromatic carbocycles. The summed E-state index contributed by atoms with van der Waals surface area (Å²) in [6.07, 6.45) is 0. The summed E-state index contributed by atoms with van der Waals surface area (Å²) in [4.78, 5) is 23.8. The van der Waals surface area contributed by atoms with Gasteiger partial charge in [-0.3, -0.25) is 14.0 Å². The lowest BCUT2D eigenvalue weighted by atomic mass is 10.1. The first-order valence-electron chi connectivity index (χ1n) is 9.32. The van der Waals surface area contributed by atoms with Crippen molar-refractivity contribution in [2.24, 2.45) is 0 Å². The Morgan fingerprint density at radius 3 is 2.57 bits per heavy atom. The molecule has 0 aliphatic heterocycles. The second-order valence-electron chi connectivity index (χ2n) is 6.86. The number of aryl methyl sites for hydroxylation is 1. The molecule has 30 heavy (non-hydrogen) atoms. The van der Waals surface area contributed by atoms with E-state index < -0.39 is 0 Å². The minimum atomic E-state index is -0.150. The van der Waals surface area contributed by atoms with Gasteiger partial charge in [-0.1, -0.05) is 11.8 Å². The maximum absolute atomic E-state index is 12.7. The van der Waals surface area contributed by atoms with Crippen molar-refractivity contribution in [3.63, 3.8) is 0 Å². The van der Waals surface area contributed by atoms with Gasteiger partial charge in [0.2, 0.25) is 5.91 Å². The van der Waals surface area contributed by atoms with Gasteiger partial charge in [0.15, 0.2) is 16.6 Å². The number of carbonyl (C=O) groups excluding carboxylic acids is 2. The first-order chi connectivity index (χ1) is 14.5. The summed E-state index contributed by atoms with van der Waals surface area (Å²) in [5, 5.41) is 13.0. The molecule has 2 aromatic heterocycles. The van der Waals surface area contributed by atoms with Gasteiger partial charge < -0.3 is 10.1 Å². The molecule has 0 bridgehead atoms. The van der Waals surface area contributed by atoms with E-state index >= 15 is 0 Å². The van der Waals surface area contributed by atoms with Crippen molar-refractivity contribution in [3.05, 3.63) is 59.7 Å². The van der Waals surface area contributed by atoms with Crippen LogP contribution in [-0.2, 0) is 4.79 Å². The molecule has 1 N–H and O–H groups in total. The van der Waals surface area contributed by atoms with E-state index in [9.17, 15) is 9.59 Å². The molecule has 0 aliphatic rings. The summed E-state index contributed by atoms with van der Waals surface area (Å²) < 4.78 is 7.33. The Hall–Kier alpha value is -3.39. The van der Waals surface area contributed by atoms with Gasteiger partial charge in [0.05, 0.1) is 18.4 Å². The van der Waals surface area contributed by atoms with Crippen LogP contribution in [-0.4, -0.2) is 39.2 Å². The summed E-state index contributed by atoms with van der Waals surface area (Å²) in [5.74, 6) is 0.787. The number of anilines is 1. The number of benzene rings is 2.